The zero-order valence-electron chi connectivity index (χ0n) is 10.5. The molecule has 110 valence electrons. The molecule has 5 N–H and O–H groups in total. The summed E-state index contributed by atoms with van der Waals surface area (Å²) in [6.45, 7) is 1.58. The molecule has 1 rings (SSSR count). The van der Waals surface area contributed by atoms with Gasteiger partial charge >= 0.3 is 18.0 Å². The maximum atomic E-state index is 11.6. The Labute approximate surface area is 112 Å². The van der Waals surface area contributed by atoms with E-state index in [1.165, 1.54) is 0 Å². The molecule has 0 aliphatic heterocycles. The van der Waals surface area contributed by atoms with Gasteiger partial charge in [0.05, 0.1) is 6.04 Å². The number of rotatable bonds is 7. The maximum Gasteiger partial charge on any atom is 0.326 e. The summed E-state index contributed by atoms with van der Waals surface area (Å²) >= 11 is 0. The molecular weight excluding hydrogens is 272 g/mol. The van der Waals surface area contributed by atoms with E-state index >= 15 is 0 Å². The SMILES string of the molecule is CC(NC(=O)NC(CCC(=O)O)C(=O)O)c1nn[nH]n1. The summed E-state index contributed by atoms with van der Waals surface area (Å²) in [5.74, 6) is -2.22. The van der Waals surface area contributed by atoms with Gasteiger partial charge in [0, 0.05) is 6.42 Å². The summed E-state index contributed by atoms with van der Waals surface area (Å²) in [6, 6.07) is -2.63. The van der Waals surface area contributed by atoms with E-state index < -0.39 is 30.1 Å². The van der Waals surface area contributed by atoms with Crippen molar-refractivity contribution in [2.75, 3.05) is 0 Å². The van der Waals surface area contributed by atoms with Gasteiger partial charge in [-0.15, -0.1) is 10.2 Å². The number of aromatic nitrogens is 4. The van der Waals surface area contributed by atoms with Gasteiger partial charge in [0.15, 0.2) is 5.82 Å². The summed E-state index contributed by atoms with van der Waals surface area (Å²) in [5.41, 5.74) is 0. The van der Waals surface area contributed by atoms with Crippen LogP contribution in [-0.4, -0.2) is 54.8 Å². The van der Waals surface area contributed by atoms with Crippen LogP contribution in [-0.2, 0) is 9.59 Å². The van der Waals surface area contributed by atoms with Crippen molar-refractivity contribution < 1.29 is 24.6 Å². The number of aliphatic carboxylic acids is 2. The number of hydrogen-bond donors (Lipinski definition) is 5. The Morgan fingerprint density at radius 2 is 2.00 bits per heavy atom. The average molecular weight is 286 g/mol. The van der Waals surface area contributed by atoms with Gasteiger partial charge in [0.1, 0.15) is 6.04 Å². The van der Waals surface area contributed by atoms with E-state index in [4.69, 9.17) is 10.2 Å². The fraction of sp³-hybridized carbons (Fsp3) is 0.556. The molecule has 0 saturated carbocycles. The molecule has 1 aromatic rings. The van der Waals surface area contributed by atoms with Gasteiger partial charge in [-0.05, 0) is 13.3 Å². The lowest BCUT2D eigenvalue weighted by Crippen LogP contribution is -2.46. The lowest BCUT2D eigenvalue weighted by molar-refractivity contribution is -0.140. The fourth-order valence-corrected chi connectivity index (χ4v) is 1.34. The number of amides is 2. The highest BCUT2D eigenvalue weighted by Gasteiger charge is 2.22. The van der Waals surface area contributed by atoms with E-state index in [2.05, 4.69) is 31.3 Å². The van der Waals surface area contributed by atoms with E-state index in [0.717, 1.165) is 0 Å². The lowest BCUT2D eigenvalue weighted by Gasteiger charge is -2.16. The Morgan fingerprint density at radius 1 is 1.30 bits per heavy atom. The Morgan fingerprint density at radius 3 is 2.50 bits per heavy atom. The lowest BCUT2D eigenvalue weighted by atomic mass is 10.1. The second-order valence-corrected chi connectivity index (χ2v) is 3.93. The van der Waals surface area contributed by atoms with E-state index in [1.54, 1.807) is 6.92 Å². The summed E-state index contributed by atoms with van der Waals surface area (Å²) in [7, 11) is 0. The molecule has 2 unspecified atom stereocenters. The number of hydrogen-bond acceptors (Lipinski definition) is 6. The number of nitrogens with one attached hydrogen (secondary N) is 3. The second-order valence-electron chi connectivity index (χ2n) is 3.93. The number of nitrogens with zero attached hydrogens (tertiary/aromatic N) is 3. The first-order chi connectivity index (χ1) is 9.40. The van der Waals surface area contributed by atoms with Gasteiger partial charge in [-0.3, -0.25) is 4.79 Å². The zero-order chi connectivity index (χ0) is 15.1. The van der Waals surface area contributed by atoms with Crippen molar-refractivity contribution in [1.29, 1.82) is 0 Å². The van der Waals surface area contributed by atoms with Crippen LogP contribution in [0.2, 0.25) is 0 Å². The average Bonchev–Trinajstić information content (AvgIpc) is 2.87. The summed E-state index contributed by atoms with van der Waals surface area (Å²) in [4.78, 5) is 32.9. The minimum absolute atomic E-state index is 0.214. The van der Waals surface area contributed by atoms with Crippen molar-refractivity contribution in [3.05, 3.63) is 5.82 Å². The first-order valence-electron chi connectivity index (χ1n) is 5.65. The number of carbonyl (C=O) groups is 3. The summed E-state index contributed by atoms with van der Waals surface area (Å²) in [5, 5.41) is 34.8. The van der Waals surface area contributed by atoms with Crippen molar-refractivity contribution >= 4 is 18.0 Å². The minimum Gasteiger partial charge on any atom is -0.481 e. The molecule has 0 aliphatic rings. The Balaban J connectivity index is 2.49. The highest BCUT2D eigenvalue weighted by atomic mass is 16.4. The fourth-order valence-electron chi connectivity index (χ4n) is 1.34. The number of H-pyrrole nitrogens is 1. The highest BCUT2D eigenvalue weighted by Crippen LogP contribution is 2.03. The third-order valence-corrected chi connectivity index (χ3v) is 2.35. The van der Waals surface area contributed by atoms with E-state index in [9.17, 15) is 14.4 Å². The van der Waals surface area contributed by atoms with Crippen LogP contribution in [0.5, 0.6) is 0 Å². The molecule has 0 fully saturated rings. The van der Waals surface area contributed by atoms with Crippen molar-refractivity contribution in [2.24, 2.45) is 0 Å². The standard InChI is InChI=1S/C9H14N6O5/c1-4(7-12-14-15-13-7)10-9(20)11-5(8(18)19)2-3-6(16)17/h4-5H,2-3H2,1H3,(H,16,17)(H,18,19)(H2,10,11,20)(H,12,13,14,15). The molecule has 20 heavy (non-hydrogen) atoms. The largest absolute Gasteiger partial charge is 0.481 e. The highest BCUT2D eigenvalue weighted by molar-refractivity contribution is 5.83. The molecule has 0 radical (unpaired) electrons. The van der Waals surface area contributed by atoms with Gasteiger partial charge in [-0.2, -0.15) is 5.21 Å². The summed E-state index contributed by atoms with van der Waals surface area (Å²) in [6.07, 6.45) is -0.577. The van der Waals surface area contributed by atoms with Gasteiger partial charge in [0.2, 0.25) is 0 Å². The number of carboxylic acid groups (broad SMARTS) is 2. The third-order valence-electron chi connectivity index (χ3n) is 2.35. The predicted octanol–water partition coefficient (Wildman–Crippen LogP) is -1.12. The first-order valence-corrected chi connectivity index (χ1v) is 5.65. The molecule has 2 atom stereocenters. The van der Waals surface area contributed by atoms with Crippen LogP contribution in [0.15, 0.2) is 0 Å². The maximum absolute atomic E-state index is 11.6. The van der Waals surface area contributed by atoms with Crippen LogP contribution in [0, 0.1) is 0 Å². The number of tetrazole rings is 1. The van der Waals surface area contributed by atoms with Crippen LogP contribution in [0.4, 0.5) is 4.79 Å². The smallest absolute Gasteiger partial charge is 0.326 e. The molecule has 0 spiro atoms. The van der Waals surface area contributed by atoms with E-state index in [1.807, 2.05) is 0 Å². The van der Waals surface area contributed by atoms with Gasteiger partial charge in [0.25, 0.3) is 0 Å². The number of aromatic amines is 1. The van der Waals surface area contributed by atoms with Crippen molar-refractivity contribution in [3.63, 3.8) is 0 Å². The Hall–Kier alpha value is -2.72. The normalized spacial score (nSPS) is 13.2. The molecule has 0 aromatic carbocycles. The monoisotopic (exact) mass is 286 g/mol. The van der Waals surface area contributed by atoms with Gasteiger partial charge in [-0.25, -0.2) is 9.59 Å². The van der Waals surface area contributed by atoms with Crippen LogP contribution in [0.25, 0.3) is 0 Å². The number of urea groups is 1. The van der Waals surface area contributed by atoms with Crippen LogP contribution in [0.3, 0.4) is 0 Å². The molecule has 11 nitrogen and oxygen atoms in total. The van der Waals surface area contributed by atoms with Crippen LogP contribution in [0.1, 0.15) is 31.6 Å². The number of carbonyl (C=O) groups excluding carboxylic acids is 1. The van der Waals surface area contributed by atoms with Crippen LogP contribution >= 0.6 is 0 Å². The Bertz CT molecular complexity index is 475. The van der Waals surface area contributed by atoms with Gasteiger partial charge < -0.3 is 20.8 Å². The van der Waals surface area contributed by atoms with E-state index in [0.29, 0.717) is 0 Å². The topological polar surface area (TPSA) is 170 Å². The zero-order valence-corrected chi connectivity index (χ0v) is 10.5. The molecule has 0 saturated heterocycles. The molecule has 0 bridgehead atoms. The van der Waals surface area contributed by atoms with Gasteiger partial charge in [-0.1, -0.05) is 5.21 Å². The summed E-state index contributed by atoms with van der Waals surface area (Å²) < 4.78 is 0. The minimum atomic E-state index is -1.31. The second kappa shape index (κ2) is 7.01. The third kappa shape index (κ3) is 4.88. The molecular formula is C9H14N6O5. The molecule has 1 heterocycles. The van der Waals surface area contributed by atoms with Crippen molar-refractivity contribution in [2.45, 2.75) is 31.8 Å². The van der Waals surface area contributed by atoms with Crippen LogP contribution < -0.4 is 10.6 Å². The van der Waals surface area contributed by atoms with Crippen molar-refractivity contribution in [3.8, 4) is 0 Å². The quantitative estimate of drug-likeness (QED) is 0.419. The molecule has 11 heteroatoms. The molecule has 2 amide bonds. The van der Waals surface area contributed by atoms with E-state index in [-0.39, 0.29) is 18.7 Å². The number of carboxylic acids is 2. The first kappa shape index (κ1) is 15.3. The van der Waals surface area contributed by atoms with Crippen molar-refractivity contribution in [1.82, 2.24) is 31.3 Å². The Kier molecular flexibility index (Phi) is 5.38. The molecule has 0 aliphatic carbocycles. The predicted molar refractivity (Wildman–Crippen MR) is 62.6 cm³/mol. The molecule has 1 aromatic heterocycles.